The zero-order chi connectivity index (χ0) is 20.1. The smallest absolute Gasteiger partial charge is 0.0489 e. The topological polar surface area (TPSA) is 9.86 Å². The van der Waals surface area contributed by atoms with Gasteiger partial charge in [0.05, 0.1) is 0 Å². The van der Waals surface area contributed by atoms with E-state index in [0.717, 1.165) is 10.9 Å². The van der Waals surface area contributed by atoms with Crippen molar-refractivity contribution in [2.45, 2.75) is 13.3 Å². The average Bonchev–Trinajstić information content (AvgIpc) is 3.33. The second-order valence-corrected chi connectivity index (χ2v) is 8.69. The van der Waals surface area contributed by atoms with E-state index in [4.69, 9.17) is 0 Å². The molecule has 1 aliphatic rings. The number of nitrogens with zero attached hydrogens (tertiary/aromatic N) is 2. The second kappa shape index (κ2) is 6.93. The molecule has 144 valence electrons. The highest BCUT2D eigenvalue weighted by molar-refractivity contribution is 9.10. The van der Waals surface area contributed by atoms with E-state index in [1.807, 2.05) is 13.1 Å². The fraction of sp³-hybridized carbons (Fsp3) is 0.154. The lowest BCUT2D eigenvalue weighted by Crippen LogP contribution is -1.94. The van der Waals surface area contributed by atoms with E-state index in [2.05, 4.69) is 106 Å². The summed E-state index contributed by atoms with van der Waals surface area (Å²) in [4.78, 5) is 0. The predicted molar refractivity (Wildman–Crippen MR) is 127 cm³/mol. The Hall–Kier alpha value is -2.78. The zero-order valence-corrected chi connectivity index (χ0v) is 18.5. The van der Waals surface area contributed by atoms with E-state index >= 15 is 0 Å². The molecule has 0 aliphatic heterocycles. The molecule has 3 aromatic carbocycles. The van der Waals surface area contributed by atoms with E-state index in [9.17, 15) is 0 Å². The fourth-order valence-corrected chi connectivity index (χ4v) is 5.18. The molecule has 0 radical (unpaired) electrons. The minimum atomic E-state index is 1.07. The molecule has 5 aromatic rings. The Morgan fingerprint density at radius 1 is 0.828 bits per heavy atom. The Balaban J connectivity index is 0.000000142. The van der Waals surface area contributed by atoms with E-state index in [-0.39, 0.29) is 0 Å². The van der Waals surface area contributed by atoms with Crippen LogP contribution in [0.2, 0.25) is 0 Å². The molecule has 6 rings (SSSR count). The van der Waals surface area contributed by atoms with Crippen molar-refractivity contribution in [1.29, 1.82) is 0 Å². The van der Waals surface area contributed by atoms with Crippen LogP contribution in [0.3, 0.4) is 0 Å². The van der Waals surface area contributed by atoms with E-state index in [1.54, 1.807) is 0 Å². The summed E-state index contributed by atoms with van der Waals surface area (Å²) in [5.74, 6) is 0. The lowest BCUT2D eigenvalue weighted by atomic mass is 10.0. The van der Waals surface area contributed by atoms with Crippen LogP contribution in [-0.2, 0) is 20.5 Å². The molecule has 0 amide bonds. The fourth-order valence-electron chi connectivity index (χ4n) is 4.54. The molecular formula is C26H23BrN2. The normalized spacial score (nSPS) is 12.0. The van der Waals surface area contributed by atoms with Crippen molar-refractivity contribution in [3.05, 3.63) is 94.2 Å². The number of aryl methyl sites for hydroxylation is 3. The molecule has 0 fully saturated rings. The molecule has 0 atom stereocenters. The number of aromatic nitrogens is 2. The van der Waals surface area contributed by atoms with E-state index in [0.29, 0.717) is 0 Å². The average molecular weight is 443 g/mol. The first kappa shape index (κ1) is 18.3. The molecule has 0 unspecified atom stereocenters. The molecule has 2 aromatic heterocycles. The van der Waals surface area contributed by atoms with Crippen LogP contribution in [0.5, 0.6) is 0 Å². The van der Waals surface area contributed by atoms with Gasteiger partial charge in [-0.1, -0.05) is 60.2 Å². The highest BCUT2D eigenvalue weighted by Crippen LogP contribution is 2.43. The molecule has 0 saturated carbocycles. The Kier molecular flexibility index (Phi) is 4.36. The molecular weight excluding hydrogens is 420 g/mol. The maximum Gasteiger partial charge on any atom is 0.0489 e. The van der Waals surface area contributed by atoms with E-state index in [1.165, 1.54) is 49.8 Å². The Morgan fingerprint density at radius 2 is 1.52 bits per heavy atom. The first-order chi connectivity index (χ1) is 14.0. The van der Waals surface area contributed by atoms with E-state index < -0.39 is 0 Å². The van der Waals surface area contributed by atoms with Gasteiger partial charge in [0.15, 0.2) is 0 Å². The summed E-state index contributed by atoms with van der Waals surface area (Å²) in [5, 5.41) is 2.66. The van der Waals surface area contributed by atoms with Gasteiger partial charge in [-0.15, -0.1) is 0 Å². The van der Waals surface area contributed by atoms with Crippen LogP contribution in [-0.4, -0.2) is 9.13 Å². The largest absolute Gasteiger partial charge is 0.349 e. The van der Waals surface area contributed by atoms with Gasteiger partial charge in [0, 0.05) is 64.2 Å². The third-order valence-corrected chi connectivity index (χ3v) is 6.60. The molecule has 0 N–H and O–H groups in total. The van der Waals surface area contributed by atoms with Crippen LogP contribution in [0.15, 0.2) is 77.4 Å². The van der Waals surface area contributed by atoms with Crippen molar-refractivity contribution in [1.82, 2.24) is 9.13 Å². The number of hydrogen-bond donors (Lipinski definition) is 0. The first-order valence-electron chi connectivity index (χ1n) is 9.90. The monoisotopic (exact) mass is 442 g/mol. The van der Waals surface area contributed by atoms with Crippen LogP contribution >= 0.6 is 15.9 Å². The van der Waals surface area contributed by atoms with Crippen LogP contribution in [0.4, 0.5) is 0 Å². The lowest BCUT2D eigenvalue weighted by Gasteiger charge is -2.03. The van der Waals surface area contributed by atoms with Crippen LogP contribution < -0.4 is 0 Å². The summed E-state index contributed by atoms with van der Waals surface area (Å²) in [6, 6.07) is 23.8. The summed E-state index contributed by atoms with van der Waals surface area (Å²) in [5.41, 5.74) is 9.76. The van der Waals surface area contributed by atoms with Gasteiger partial charge < -0.3 is 9.13 Å². The maximum atomic E-state index is 3.50. The predicted octanol–water partition coefficient (Wildman–Crippen LogP) is 7.00. The van der Waals surface area contributed by atoms with Crippen molar-refractivity contribution in [2.75, 3.05) is 0 Å². The number of para-hydroxylation sites is 2. The number of benzene rings is 3. The third kappa shape index (κ3) is 2.92. The quantitative estimate of drug-likeness (QED) is 0.239. The van der Waals surface area contributed by atoms with Crippen molar-refractivity contribution in [3.8, 4) is 11.1 Å². The standard InChI is InChI=1S/C17H15N.C9H8BrN/c1-11-7-8-13-12(9-11)10-16-17(13)14-5-3-4-6-15(14)18(16)2;1-11-6-8(10)7-4-2-3-5-9(7)11/h3-9H,10H2,1-2H3;2-6H,1H3. The van der Waals surface area contributed by atoms with Crippen LogP contribution in [0.25, 0.3) is 32.9 Å². The summed E-state index contributed by atoms with van der Waals surface area (Å²) in [6.07, 6.45) is 3.14. The lowest BCUT2D eigenvalue weighted by molar-refractivity contribution is 0.893. The van der Waals surface area contributed by atoms with Crippen LogP contribution in [0.1, 0.15) is 16.8 Å². The SMILES string of the molecule is Cc1ccc2c(c1)Cc1c-2c2ccccc2n1C.Cn1cc(Br)c2ccccc21. The van der Waals surface area contributed by atoms with Gasteiger partial charge in [0.25, 0.3) is 0 Å². The Bertz CT molecular complexity index is 1330. The van der Waals surface area contributed by atoms with Gasteiger partial charge >= 0.3 is 0 Å². The summed E-state index contributed by atoms with van der Waals surface area (Å²) in [7, 11) is 4.23. The van der Waals surface area contributed by atoms with Crippen LogP contribution in [0, 0.1) is 6.92 Å². The zero-order valence-electron chi connectivity index (χ0n) is 16.9. The van der Waals surface area contributed by atoms with Gasteiger partial charge in [-0.3, -0.25) is 0 Å². The summed E-state index contributed by atoms with van der Waals surface area (Å²) < 4.78 is 5.62. The molecule has 29 heavy (non-hydrogen) atoms. The van der Waals surface area contributed by atoms with Crippen molar-refractivity contribution in [2.24, 2.45) is 14.1 Å². The Labute approximate surface area is 179 Å². The summed E-state index contributed by atoms with van der Waals surface area (Å²) >= 11 is 3.50. The minimum absolute atomic E-state index is 1.07. The molecule has 0 bridgehead atoms. The highest BCUT2D eigenvalue weighted by atomic mass is 79.9. The van der Waals surface area contributed by atoms with Crippen molar-refractivity contribution < 1.29 is 0 Å². The maximum absolute atomic E-state index is 3.50. The van der Waals surface area contributed by atoms with Gasteiger partial charge in [0.2, 0.25) is 0 Å². The van der Waals surface area contributed by atoms with Gasteiger partial charge in [-0.05, 0) is 46.1 Å². The summed E-state index contributed by atoms with van der Waals surface area (Å²) in [6.45, 7) is 2.17. The molecule has 0 saturated heterocycles. The molecule has 0 spiro atoms. The highest BCUT2D eigenvalue weighted by Gasteiger charge is 2.24. The molecule has 1 aliphatic carbocycles. The molecule has 2 heterocycles. The van der Waals surface area contributed by atoms with Gasteiger partial charge in [0.1, 0.15) is 0 Å². The number of hydrogen-bond acceptors (Lipinski definition) is 0. The first-order valence-corrected chi connectivity index (χ1v) is 10.7. The van der Waals surface area contributed by atoms with Gasteiger partial charge in [-0.25, -0.2) is 0 Å². The number of rotatable bonds is 0. The number of halogens is 1. The third-order valence-electron chi connectivity index (χ3n) is 5.96. The van der Waals surface area contributed by atoms with Crippen molar-refractivity contribution >= 4 is 37.7 Å². The number of fused-ring (bicyclic) bond motifs is 6. The van der Waals surface area contributed by atoms with Gasteiger partial charge in [-0.2, -0.15) is 0 Å². The molecule has 2 nitrogen and oxygen atoms in total. The Morgan fingerprint density at radius 3 is 2.28 bits per heavy atom. The minimum Gasteiger partial charge on any atom is -0.349 e. The second-order valence-electron chi connectivity index (χ2n) is 7.84. The van der Waals surface area contributed by atoms with Crippen molar-refractivity contribution in [3.63, 3.8) is 0 Å². The molecule has 3 heteroatoms.